The molecule has 3 rings (SSSR count). The number of nitrogens with one attached hydrogen (secondary N) is 1. The molecule has 0 spiro atoms. The van der Waals surface area contributed by atoms with Crippen LogP contribution in [0, 0.1) is 0 Å². The van der Waals surface area contributed by atoms with Gasteiger partial charge in [0.25, 0.3) is 5.89 Å². The van der Waals surface area contributed by atoms with Gasteiger partial charge >= 0.3 is 0 Å². The van der Waals surface area contributed by atoms with E-state index in [4.69, 9.17) is 4.52 Å². The predicted octanol–water partition coefficient (Wildman–Crippen LogP) is 1.98. The SMILES string of the molecule is CC1CNCC(C)N1Cc1noc(-c2cccs2)n1. The molecule has 0 radical (unpaired) electrons. The highest BCUT2D eigenvalue weighted by Gasteiger charge is 2.26. The highest BCUT2D eigenvalue weighted by molar-refractivity contribution is 7.13. The summed E-state index contributed by atoms with van der Waals surface area (Å²) in [6.07, 6.45) is 0. The molecule has 3 heterocycles. The van der Waals surface area contributed by atoms with Crippen LogP contribution in [0.1, 0.15) is 19.7 Å². The summed E-state index contributed by atoms with van der Waals surface area (Å²) >= 11 is 1.62. The lowest BCUT2D eigenvalue weighted by Crippen LogP contribution is -2.54. The first-order valence-electron chi connectivity index (χ1n) is 6.57. The third kappa shape index (κ3) is 2.70. The Morgan fingerprint density at radius 3 is 2.89 bits per heavy atom. The number of hydrogen-bond acceptors (Lipinski definition) is 6. The highest BCUT2D eigenvalue weighted by atomic mass is 32.1. The first-order valence-corrected chi connectivity index (χ1v) is 7.45. The Bertz CT molecular complexity index is 514. The number of rotatable bonds is 3. The fraction of sp³-hybridized carbons (Fsp3) is 0.538. The van der Waals surface area contributed by atoms with Gasteiger partial charge in [-0.1, -0.05) is 11.2 Å². The minimum atomic E-state index is 0.493. The number of nitrogens with zero attached hydrogens (tertiary/aromatic N) is 3. The van der Waals surface area contributed by atoms with E-state index in [1.165, 1.54) is 0 Å². The molecule has 2 unspecified atom stereocenters. The molecule has 102 valence electrons. The van der Waals surface area contributed by atoms with E-state index in [-0.39, 0.29) is 0 Å². The topological polar surface area (TPSA) is 54.2 Å². The fourth-order valence-electron chi connectivity index (χ4n) is 2.46. The summed E-state index contributed by atoms with van der Waals surface area (Å²) in [6.45, 7) is 7.23. The third-order valence-electron chi connectivity index (χ3n) is 3.54. The molecule has 0 aliphatic carbocycles. The quantitative estimate of drug-likeness (QED) is 0.930. The summed E-state index contributed by atoms with van der Waals surface area (Å²) in [7, 11) is 0. The van der Waals surface area contributed by atoms with Gasteiger partial charge < -0.3 is 9.84 Å². The minimum absolute atomic E-state index is 0.493. The van der Waals surface area contributed by atoms with Crippen molar-refractivity contribution in [3.8, 4) is 10.8 Å². The molecular weight excluding hydrogens is 260 g/mol. The average molecular weight is 278 g/mol. The van der Waals surface area contributed by atoms with Crippen molar-refractivity contribution in [3.05, 3.63) is 23.3 Å². The van der Waals surface area contributed by atoms with Crippen LogP contribution in [-0.4, -0.2) is 40.2 Å². The molecule has 0 bridgehead atoms. The van der Waals surface area contributed by atoms with Crippen molar-refractivity contribution in [1.82, 2.24) is 20.4 Å². The average Bonchev–Trinajstić information content (AvgIpc) is 3.04. The van der Waals surface area contributed by atoms with Crippen molar-refractivity contribution in [2.75, 3.05) is 13.1 Å². The van der Waals surface area contributed by atoms with Crippen LogP contribution < -0.4 is 5.32 Å². The second kappa shape index (κ2) is 5.40. The number of piperazine rings is 1. The van der Waals surface area contributed by atoms with Gasteiger partial charge in [0.15, 0.2) is 5.82 Å². The normalized spacial score (nSPS) is 24.7. The summed E-state index contributed by atoms with van der Waals surface area (Å²) in [5.41, 5.74) is 0. The van der Waals surface area contributed by atoms with Crippen molar-refractivity contribution in [2.45, 2.75) is 32.5 Å². The molecule has 19 heavy (non-hydrogen) atoms. The van der Waals surface area contributed by atoms with Crippen LogP contribution in [-0.2, 0) is 6.54 Å². The van der Waals surface area contributed by atoms with E-state index in [1.54, 1.807) is 11.3 Å². The second-order valence-corrected chi connectivity index (χ2v) is 5.97. The maximum Gasteiger partial charge on any atom is 0.268 e. The summed E-state index contributed by atoms with van der Waals surface area (Å²) in [5.74, 6) is 1.39. The van der Waals surface area contributed by atoms with Crippen molar-refractivity contribution >= 4 is 11.3 Å². The van der Waals surface area contributed by atoms with Crippen LogP contribution in [0.2, 0.25) is 0 Å². The molecule has 1 N–H and O–H groups in total. The standard InChI is InChI=1S/C13H18N4OS/c1-9-6-14-7-10(2)17(9)8-12-15-13(18-16-12)11-4-3-5-19-11/h3-5,9-10,14H,6-8H2,1-2H3. The van der Waals surface area contributed by atoms with Gasteiger partial charge in [-0.2, -0.15) is 4.98 Å². The highest BCUT2D eigenvalue weighted by Crippen LogP contribution is 2.23. The van der Waals surface area contributed by atoms with Crippen molar-refractivity contribution < 1.29 is 4.52 Å². The molecule has 0 amide bonds. The van der Waals surface area contributed by atoms with Crippen LogP contribution in [0.3, 0.4) is 0 Å². The largest absolute Gasteiger partial charge is 0.333 e. The Hall–Kier alpha value is -1.24. The molecule has 1 saturated heterocycles. The monoisotopic (exact) mass is 278 g/mol. The molecule has 0 saturated carbocycles. The van der Waals surface area contributed by atoms with E-state index in [9.17, 15) is 0 Å². The Morgan fingerprint density at radius 2 is 2.21 bits per heavy atom. The van der Waals surface area contributed by atoms with Gasteiger partial charge in [0.2, 0.25) is 0 Å². The number of hydrogen-bond donors (Lipinski definition) is 1. The van der Waals surface area contributed by atoms with Gasteiger partial charge in [-0.25, -0.2) is 0 Å². The molecule has 2 atom stereocenters. The van der Waals surface area contributed by atoms with Crippen LogP contribution >= 0.6 is 11.3 Å². The zero-order valence-electron chi connectivity index (χ0n) is 11.2. The molecule has 6 heteroatoms. The Labute approximate surface area is 116 Å². The summed E-state index contributed by atoms with van der Waals surface area (Å²) < 4.78 is 5.33. The molecule has 5 nitrogen and oxygen atoms in total. The van der Waals surface area contributed by atoms with E-state index in [0.29, 0.717) is 18.0 Å². The maximum absolute atomic E-state index is 5.33. The zero-order chi connectivity index (χ0) is 13.2. The molecule has 1 aliphatic rings. The maximum atomic E-state index is 5.33. The number of aromatic nitrogens is 2. The molecule has 1 fully saturated rings. The summed E-state index contributed by atoms with van der Waals surface area (Å²) in [4.78, 5) is 7.93. The molecule has 2 aromatic heterocycles. The van der Waals surface area contributed by atoms with E-state index in [1.807, 2.05) is 17.5 Å². The van der Waals surface area contributed by atoms with Crippen LogP contribution in [0.5, 0.6) is 0 Å². The molecular formula is C13H18N4OS. The van der Waals surface area contributed by atoms with Gasteiger partial charge in [0, 0.05) is 25.2 Å². The zero-order valence-corrected chi connectivity index (χ0v) is 12.0. The molecule has 2 aromatic rings. The van der Waals surface area contributed by atoms with Gasteiger partial charge in [-0.3, -0.25) is 4.90 Å². The van der Waals surface area contributed by atoms with E-state index >= 15 is 0 Å². The fourth-order valence-corrected chi connectivity index (χ4v) is 3.11. The lowest BCUT2D eigenvalue weighted by atomic mass is 10.1. The number of thiophene rings is 1. The van der Waals surface area contributed by atoms with Crippen LogP contribution in [0.4, 0.5) is 0 Å². The third-order valence-corrected chi connectivity index (χ3v) is 4.39. The smallest absolute Gasteiger partial charge is 0.268 e. The van der Waals surface area contributed by atoms with E-state index in [0.717, 1.165) is 30.3 Å². The summed E-state index contributed by atoms with van der Waals surface area (Å²) in [6, 6.07) is 4.97. The van der Waals surface area contributed by atoms with Crippen molar-refractivity contribution in [3.63, 3.8) is 0 Å². The van der Waals surface area contributed by atoms with Gasteiger partial charge in [0.05, 0.1) is 11.4 Å². The first kappa shape index (κ1) is 12.8. The Balaban J connectivity index is 1.73. The van der Waals surface area contributed by atoms with Gasteiger partial charge in [-0.15, -0.1) is 11.3 Å². The lowest BCUT2D eigenvalue weighted by molar-refractivity contribution is 0.104. The van der Waals surface area contributed by atoms with Crippen LogP contribution in [0.15, 0.2) is 22.0 Å². The first-order chi connectivity index (χ1) is 9.24. The lowest BCUT2D eigenvalue weighted by Gasteiger charge is -2.38. The Kier molecular flexibility index (Phi) is 3.63. The van der Waals surface area contributed by atoms with Gasteiger partial charge in [-0.05, 0) is 25.3 Å². The molecule has 0 aromatic carbocycles. The second-order valence-electron chi connectivity index (χ2n) is 5.02. The minimum Gasteiger partial charge on any atom is -0.333 e. The molecule has 1 aliphatic heterocycles. The van der Waals surface area contributed by atoms with E-state index < -0.39 is 0 Å². The Morgan fingerprint density at radius 1 is 1.42 bits per heavy atom. The van der Waals surface area contributed by atoms with Crippen molar-refractivity contribution in [1.29, 1.82) is 0 Å². The van der Waals surface area contributed by atoms with Crippen molar-refractivity contribution in [2.24, 2.45) is 0 Å². The predicted molar refractivity (Wildman–Crippen MR) is 74.9 cm³/mol. The van der Waals surface area contributed by atoms with E-state index in [2.05, 4.69) is 34.2 Å². The van der Waals surface area contributed by atoms with Gasteiger partial charge in [0.1, 0.15) is 0 Å². The summed E-state index contributed by atoms with van der Waals surface area (Å²) in [5, 5.41) is 9.53. The van der Waals surface area contributed by atoms with Crippen LogP contribution in [0.25, 0.3) is 10.8 Å².